The molecule has 2 heteroatoms. The number of likely N-dealkylation sites (tertiary alicyclic amines) is 1. The van der Waals surface area contributed by atoms with Crippen molar-refractivity contribution in [1.29, 1.82) is 0 Å². The molecule has 0 unspecified atom stereocenters. The summed E-state index contributed by atoms with van der Waals surface area (Å²) in [6.45, 7) is 9.82. The average Bonchev–Trinajstić information content (AvgIpc) is 2.20. The third-order valence-electron chi connectivity index (χ3n) is 3.46. The lowest BCUT2D eigenvalue weighted by molar-refractivity contribution is 0.179. The molecule has 1 rings (SSSR count). The first-order chi connectivity index (χ1) is 7.22. The summed E-state index contributed by atoms with van der Waals surface area (Å²) in [5.41, 5.74) is 0. The fourth-order valence-corrected chi connectivity index (χ4v) is 2.43. The van der Waals surface area contributed by atoms with Crippen LogP contribution < -0.4 is 5.32 Å². The van der Waals surface area contributed by atoms with Crippen LogP contribution in [-0.2, 0) is 0 Å². The van der Waals surface area contributed by atoms with Gasteiger partial charge < -0.3 is 10.2 Å². The number of piperidine rings is 1. The Labute approximate surface area is 95.4 Å². The molecule has 1 aliphatic heterocycles. The van der Waals surface area contributed by atoms with Crippen LogP contribution in [0.2, 0.25) is 0 Å². The summed E-state index contributed by atoms with van der Waals surface area (Å²) in [5.74, 6) is 1.79. The highest BCUT2D eigenvalue weighted by Gasteiger charge is 2.17. The summed E-state index contributed by atoms with van der Waals surface area (Å²) in [6, 6.07) is 0. The van der Waals surface area contributed by atoms with E-state index in [9.17, 15) is 0 Å². The highest BCUT2D eigenvalue weighted by Crippen LogP contribution is 2.17. The zero-order valence-corrected chi connectivity index (χ0v) is 10.8. The molecule has 1 N–H and O–H groups in total. The van der Waals surface area contributed by atoms with Gasteiger partial charge in [0.1, 0.15) is 0 Å². The monoisotopic (exact) mass is 212 g/mol. The zero-order chi connectivity index (χ0) is 11.1. The minimum absolute atomic E-state index is 0.867. The molecular weight excluding hydrogens is 184 g/mol. The molecule has 0 atom stereocenters. The van der Waals surface area contributed by atoms with Gasteiger partial charge >= 0.3 is 0 Å². The van der Waals surface area contributed by atoms with E-state index in [0.717, 1.165) is 11.8 Å². The second-order valence-corrected chi connectivity index (χ2v) is 5.38. The minimum Gasteiger partial charge on any atom is -0.319 e. The summed E-state index contributed by atoms with van der Waals surface area (Å²) >= 11 is 0. The lowest BCUT2D eigenvalue weighted by atomic mass is 9.96. The second kappa shape index (κ2) is 7.24. The molecule has 1 heterocycles. The number of hydrogen-bond acceptors (Lipinski definition) is 2. The molecule has 0 aromatic rings. The molecular formula is C13H28N2. The molecule has 90 valence electrons. The fourth-order valence-electron chi connectivity index (χ4n) is 2.43. The number of nitrogens with one attached hydrogen (secondary N) is 1. The first kappa shape index (κ1) is 13.0. The van der Waals surface area contributed by atoms with Gasteiger partial charge in [0, 0.05) is 0 Å². The Bertz CT molecular complexity index is 149. The molecule has 0 aliphatic carbocycles. The van der Waals surface area contributed by atoms with E-state index in [4.69, 9.17) is 0 Å². The van der Waals surface area contributed by atoms with Gasteiger partial charge in [-0.25, -0.2) is 0 Å². The van der Waals surface area contributed by atoms with Crippen LogP contribution in [0.15, 0.2) is 0 Å². The predicted molar refractivity (Wildman–Crippen MR) is 67.2 cm³/mol. The SMILES string of the molecule is CNCC1CCN(CCCC(C)C)CC1. The first-order valence-corrected chi connectivity index (χ1v) is 6.59. The van der Waals surface area contributed by atoms with Crippen molar-refractivity contribution in [2.45, 2.75) is 39.5 Å². The van der Waals surface area contributed by atoms with Crippen LogP contribution in [0.4, 0.5) is 0 Å². The Balaban J connectivity index is 2.04. The van der Waals surface area contributed by atoms with E-state index in [2.05, 4.69) is 31.1 Å². The molecule has 0 saturated carbocycles. The van der Waals surface area contributed by atoms with E-state index in [0.29, 0.717) is 0 Å². The Morgan fingerprint density at radius 3 is 2.47 bits per heavy atom. The van der Waals surface area contributed by atoms with Crippen molar-refractivity contribution in [1.82, 2.24) is 10.2 Å². The van der Waals surface area contributed by atoms with E-state index < -0.39 is 0 Å². The van der Waals surface area contributed by atoms with Gasteiger partial charge in [-0.15, -0.1) is 0 Å². The van der Waals surface area contributed by atoms with Crippen LogP contribution in [0.3, 0.4) is 0 Å². The van der Waals surface area contributed by atoms with Gasteiger partial charge in [-0.2, -0.15) is 0 Å². The second-order valence-electron chi connectivity index (χ2n) is 5.38. The zero-order valence-electron chi connectivity index (χ0n) is 10.8. The smallest absolute Gasteiger partial charge is 0.00156 e. The van der Waals surface area contributed by atoms with Crippen LogP contribution in [0, 0.1) is 11.8 Å². The summed E-state index contributed by atoms with van der Waals surface area (Å²) in [5, 5.41) is 3.29. The van der Waals surface area contributed by atoms with Gasteiger partial charge in [0.2, 0.25) is 0 Å². The lowest BCUT2D eigenvalue weighted by Gasteiger charge is -2.31. The van der Waals surface area contributed by atoms with Crippen molar-refractivity contribution < 1.29 is 0 Å². The highest BCUT2D eigenvalue weighted by molar-refractivity contribution is 4.73. The lowest BCUT2D eigenvalue weighted by Crippen LogP contribution is -2.37. The van der Waals surface area contributed by atoms with Gasteiger partial charge in [-0.3, -0.25) is 0 Å². The Hall–Kier alpha value is -0.0800. The highest BCUT2D eigenvalue weighted by atomic mass is 15.1. The maximum absolute atomic E-state index is 3.29. The summed E-state index contributed by atoms with van der Waals surface area (Å²) in [7, 11) is 2.06. The molecule has 1 fully saturated rings. The van der Waals surface area contributed by atoms with E-state index in [-0.39, 0.29) is 0 Å². The Morgan fingerprint density at radius 1 is 1.27 bits per heavy atom. The molecule has 15 heavy (non-hydrogen) atoms. The maximum atomic E-state index is 3.29. The van der Waals surface area contributed by atoms with Crippen molar-refractivity contribution >= 4 is 0 Å². The first-order valence-electron chi connectivity index (χ1n) is 6.59. The molecule has 0 aromatic heterocycles. The molecule has 1 aliphatic rings. The van der Waals surface area contributed by atoms with Crippen molar-refractivity contribution in [2.75, 3.05) is 33.2 Å². The van der Waals surface area contributed by atoms with Crippen molar-refractivity contribution in [2.24, 2.45) is 11.8 Å². The van der Waals surface area contributed by atoms with Gasteiger partial charge in [0.05, 0.1) is 0 Å². The standard InChI is InChI=1S/C13H28N2/c1-12(2)5-4-8-15-9-6-13(7-10-15)11-14-3/h12-14H,4-11H2,1-3H3. The third kappa shape index (κ3) is 5.53. The normalized spacial score (nSPS) is 20.0. The average molecular weight is 212 g/mol. The van der Waals surface area contributed by atoms with Crippen LogP contribution in [0.25, 0.3) is 0 Å². The van der Waals surface area contributed by atoms with Gasteiger partial charge in [-0.05, 0) is 70.7 Å². The Kier molecular flexibility index (Phi) is 6.26. The fraction of sp³-hybridized carbons (Fsp3) is 1.00. The topological polar surface area (TPSA) is 15.3 Å². The quantitative estimate of drug-likeness (QED) is 0.727. The molecule has 1 saturated heterocycles. The third-order valence-corrected chi connectivity index (χ3v) is 3.46. The molecule has 0 aromatic carbocycles. The molecule has 0 spiro atoms. The maximum Gasteiger partial charge on any atom is -0.00156 e. The molecule has 2 nitrogen and oxygen atoms in total. The minimum atomic E-state index is 0.867. The van der Waals surface area contributed by atoms with E-state index >= 15 is 0 Å². The van der Waals surface area contributed by atoms with Crippen molar-refractivity contribution in [3.05, 3.63) is 0 Å². The number of rotatable bonds is 6. The van der Waals surface area contributed by atoms with Gasteiger partial charge in [0.25, 0.3) is 0 Å². The number of nitrogens with zero attached hydrogens (tertiary/aromatic N) is 1. The van der Waals surface area contributed by atoms with Crippen molar-refractivity contribution in [3.8, 4) is 0 Å². The van der Waals surface area contributed by atoms with Gasteiger partial charge in [0.15, 0.2) is 0 Å². The Morgan fingerprint density at radius 2 is 1.93 bits per heavy atom. The molecule has 0 bridgehead atoms. The molecule has 0 radical (unpaired) electrons. The van der Waals surface area contributed by atoms with E-state index in [1.807, 2.05) is 0 Å². The summed E-state index contributed by atoms with van der Waals surface area (Å²) < 4.78 is 0. The predicted octanol–water partition coefficient (Wildman–Crippen LogP) is 2.35. The van der Waals surface area contributed by atoms with Crippen LogP contribution in [0.1, 0.15) is 39.5 Å². The molecule has 0 amide bonds. The van der Waals surface area contributed by atoms with E-state index in [1.54, 1.807) is 0 Å². The van der Waals surface area contributed by atoms with Crippen LogP contribution in [0.5, 0.6) is 0 Å². The van der Waals surface area contributed by atoms with Crippen molar-refractivity contribution in [3.63, 3.8) is 0 Å². The van der Waals surface area contributed by atoms with Gasteiger partial charge in [-0.1, -0.05) is 13.8 Å². The number of hydrogen-bond donors (Lipinski definition) is 1. The largest absolute Gasteiger partial charge is 0.319 e. The van der Waals surface area contributed by atoms with Crippen LogP contribution in [-0.4, -0.2) is 38.1 Å². The summed E-state index contributed by atoms with van der Waals surface area (Å²) in [6.07, 6.45) is 5.55. The van der Waals surface area contributed by atoms with E-state index in [1.165, 1.54) is 51.9 Å². The van der Waals surface area contributed by atoms with Crippen LogP contribution >= 0.6 is 0 Å². The summed E-state index contributed by atoms with van der Waals surface area (Å²) in [4.78, 5) is 2.65.